The summed E-state index contributed by atoms with van der Waals surface area (Å²) in [5, 5.41) is 5.50. The van der Waals surface area contributed by atoms with Gasteiger partial charge in [-0.1, -0.05) is 6.07 Å². The molecule has 3 rings (SSSR count). The maximum atomic E-state index is 11.3. The molecule has 1 aliphatic heterocycles. The number of anilines is 1. The number of aryl methyl sites for hydroxylation is 1. The Hall–Kier alpha value is -2.50. The average molecular weight is 272 g/mol. The van der Waals surface area contributed by atoms with Gasteiger partial charge in [0.05, 0.1) is 18.6 Å². The van der Waals surface area contributed by atoms with Crippen molar-refractivity contribution < 1.29 is 9.53 Å². The van der Waals surface area contributed by atoms with Crippen LogP contribution in [0.3, 0.4) is 0 Å². The van der Waals surface area contributed by atoms with Crippen LogP contribution < -0.4 is 15.4 Å². The standard InChI is InChI=1S/C14H16N4O2/c19-14-16-9-11-2-3-12(8-13(11)17-14)20-7-1-5-18-6-4-15-10-18/h2-4,6,8,10H,1,5,7,9H2,(H2,16,17,19). The van der Waals surface area contributed by atoms with Gasteiger partial charge in [-0.05, 0) is 18.1 Å². The molecule has 1 aromatic carbocycles. The van der Waals surface area contributed by atoms with Gasteiger partial charge >= 0.3 is 6.03 Å². The van der Waals surface area contributed by atoms with E-state index in [2.05, 4.69) is 15.6 Å². The Labute approximate surface area is 116 Å². The molecule has 0 bridgehead atoms. The van der Waals surface area contributed by atoms with E-state index in [1.165, 1.54) is 0 Å². The number of amides is 2. The second-order valence-electron chi connectivity index (χ2n) is 4.63. The molecule has 0 spiro atoms. The number of rotatable bonds is 5. The molecule has 1 aromatic heterocycles. The molecule has 2 amide bonds. The second kappa shape index (κ2) is 5.64. The van der Waals surface area contributed by atoms with E-state index >= 15 is 0 Å². The van der Waals surface area contributed by atoms with Gasteiger partial charge in [0.15, 0.2) is 0 Å². The molecule has 0 saturated carbocycles. The van der Waals surface area contributed by atoms with Crippen molar-refractivity contribution in [3.05, 3.63) is 42.5 Å². The van der Waals surface area contributed by atoms with Crippen molar-refractivity contribution in [2.45, 2.75) is 19.5 Å². The van der Waals surface area contributed by atoms with Gasteiger partial charge in [0, 0.05) is 31.5 Å². The van der Waals surface area contributed by atoms with Crippen molar-refractivity contribution in [3.8, 4) is 5.75 Å². The van der Waals surface area contributed by atoms with Gasteiger partial charge in [-0.2, -0.15) is 0 Å². The van der Waals surface area contributed by atoms with Crippen LogP contribution in [0.4, 0.5) is 10.5 Å². The van der Waals surface area contributed by atoms with Crippen molar-refractivity contribution in [3.63, 3.8) is 0 Å². The highest BCUT2D eigenvalue weighted by Gasteiger charge is 2.13. The van der Waals surface area contributed by atoms with Crippen LogP contribution in [-0.2, 0) is 13.1 Å². The highest BCUT2D eigenvalue weighted by atomic mass is 16.5. The van der Waals surface area contributed by atoms with Crippen LogP contribution in [0.5, 0.6) is 5.75 Å². The van der Waals surface area contributed by atoms with E-state index in [4.69, 9.17) is 4.74 Å². The minimum Gasteiger partial charge on any atom is -0.493 e. The summed E-state index contributed by atoms with van der Waals surface area (Å²) in [7, 11) is 0. The van der Waals surface area contributed by atoms with Gasteiger partial charge in [0.2, 0.25) is 0 Å². The smallest absolute Gasteiger partial charge is 0.319 e. The van der Waals surface area contributed by atoms with Crippen molar-refractivity contribution >= 4 is 11.7 Å². The van der Waals surface area contributed by atoms with E-state index in [1.54, 1.807) is 12.5 Å². The molecule has 6 heteroatoms. The van der Waals surface area contributed by atoms with Crippen molar-refractivity contribution in [1.29, 1.82) is 0 Å². The lowest BCUT2D eigenvalue weighted by Gasteiger charge is -2.19. The molecular formula is C14H16N4O2. The third-order valence-corrected chi connectivity index (χ3v) is 3.16. The number of carbonyl (C=O) groups is 1. The number of nitrogens with zero attached hydrogens (tertiary/aromatic N) is 2. The summed E-state index contributed by atoms with van der Waals surface area (Å²) in [6.45, 7) is 2.07. The van der Waals surface area contributed by atoms with Crippen molar-refractivity contribution in [2.24, 2.45) is 0 Å². The molecule has 0 atom stereocenters. The van der Waals surface area contributed by atoms with E-state index in [0.29, 0.717) is 13.2 Å². The molecule has 2 N–H and O–H groups in total. The number of nitrogens with one attached hydrogen (secondary N) is 2. The Morgan fingerprint density at radius 3 is 3.20 bits per heavy atom. The number of fused-ring (bicyclic) bond motifs is 1. The third kappa shape index (κ3) is 2.90. The summed E-state index contributed by atoms with van der Waals surface area (Å²) in [5.74, 6) is 0.775. The molecule has 104 valence electrons. The van der Waals surface area contributed by atoms with E-state index in [9.17, 15) is 4.79 Å². The van der Waals surface area contributed by atoms with Gasteiger partial charge < -0.3 is 19.9 Å². The Morgan fingerprint density at radius 1 is 1.40 bits per heavy atom. The molecule has 1 aliphatic rings. The topological polar surface area (TPSA) is 68.2 Å². The number of hydrogen-bond donors (Lipinski definition) is 2. The minimum absolute atomic E-state index is 0.172. The first-order valence-electron chi connectivity index (χ1n) is 6.57. The summed E-state index contributed by atoms with van der Waals surface area (Å²) < 4.78 is 7.72. The second-order valence-corrected chi connectivity index (χ2v) is 4.63. The van der Waals surface area contributed by atoms with Crippen LogP contribution in [0, 0.1) is 0 Å². The maximum Gasteiger partial charge on any atom is 0.319 e. The number of imidazole rings is 1. The van der Waals surface area contributed by atoms with Crippen LogP contribution >= 0.6 is 0 Å². The number of carbonyl (C=O) groups excluding carboxylic acids is 1. The zero-order valence-corrected chi connectivity index (χ0v) is 11.0. The van der Waals surface area contributed by atoms with Gasteiger partial charge in [-0.25, -0.2) is 9.78 Å². The number of benzene rings is 1. The SMILES string of the molecule is O=C1NCc2ccc(OCCCn3ccnc3)cc2N1. The molecule has 0 fully saturated rings. The first-order valence-corrected chi connectivity index (χ1v) is 6.57. The predicted octanol–water partition coefficient (Wildman–Crippen LogP) is 1.99. The summed E-state index contributed by atoms with van der Waals surface area (Å²) >= 11 is 0. The molecule has 0 aliphatic carbocycles. The molecule has 0 radical (unpaired) electrons. The Morgan fingerprint density at radius 2 is 2.35 bits per heavy atom. The van der Waals surface area contributed by atoms with Crippen molar-refractivity contribution in [2.75, 3.05) is 11.9 Å². The lowest BCUT2D eigenvalue weighted by atomic mass is 10.1. The van der Waals surface area contributed by atoms with Crippen LogP contribution in [0.2, 0.25) is 0 Å². The van der Waals surface area contributed by atoms with Gasteiger partial charge in [0.25, 0.3) is 0 Å². The highest BCUT2D eigenvalue weighted by molar-refractivity contribution is 5.92. The summed E-state index contributed by atoms with van der Waals surface area (Å²) in [6.07, 6.45) is 6.39. The molecule has 20 heavy (non-hydrogen) atoms. The third-order valence-electron chi connectivity index (χ3n) is 3.16. The first-order chi connectivity index (χ1) is 9.81. The fourth-order valence-electron chi connectivity index (χ4n) is 2.11. The van der Waals surface area contributed by atoms with Crippen molar-refractivity contribution in [1.82, 2.24) is 14.9 Å². The number of hydrogen-bond acceptors (Lipinski definition) is 3. The fraction of sp³-hybridized carbons (Fsp3) is 0.286. The van der Waals surface area contributed by atoms with Crippen LogP contribution in [0.25, 0.3) is 0 Å². The number of ether oxygens (including phenoxy) is 1. The zero-order valence-electron chi connectivity index (χ0n) is 11.0. The molecule has 2 aromatic rings. The summed E-state index contributed by atoms with van der Waals surface area (Å²) in [4.78, 5) is 15.2. The molecule has 6 nitrogen and oxygen atoms in total. The highest BCUT2D eigenvalue weighted by Crippen LogP contribution is 2.24. The van der Waals surface area contributed by atoms with E-state index in [1.807, 2.05) is 29.0 Å². The largest absolute Gasteiger partial charge is 0.493 e. The maximum absolute atomic E-state index is 11.3. The molecular weight excluding hydrogens is 256 g/mol. The average Bonchev–Trinajstić information content (AvgIpc) is 2.96. The van der Waals surface area contributed by atoms with Crippen LogP contribution in [0.1, 0.15) is 12.0 Å². The quantitative estimate of drug-likeness (QED) is 0.818. The molecule has 0 saturated heterocycles. The summed E-state index contributed by atoms with van der Waals surface area (Å²) in [6, 6.07) is 5.59. The Bertz CT molecular complexity index is 595. The van der Waals surface area contributed by atoms with E-state index in [0.717, 1.165) is 30.0 Å². The van der Waals surface area contributed by atoms with E-state index < -0.39 is 0 Å². The number of urea groups is 1. The Kier molecular flexibility index (Phi) is 3.54. The number of aromatic nitrogens is 2. The molecule has 2 heterocycles. The van der Waals surface area contributed by atoms with Crippen LogP contribution in [-0.4, -0.2) is 22.2 Å². The first kappa shape index (κ1) is 12.5. The van der Waals surface area contributed by atoms with Gasteiger partial charge in [-0.15, -0.1) is 0 Å². The minimum atomic E-state index is -0.172. The molecule has 0 unspecified atom stereocenters. The van der Waals surface area contributed by atoms with Gasteiger partial charge in [-0.3, -0.25) is 0 Å². The van der Waals surface area contributed by atoms with Gasteiger partial charge in [0.1, 0.15) is 5.75 Å². The fourth-order valence-corrected chi connectivity index (χ4v) is 2.11. The lowest BCUT2D eigenvalue weighted by molar-refractivity contribution is 0.251. The van der Waals surface area contributed by atoms with E-state index in [-0.39, 0.29) is 6.03 Å². The lowest BCUT2D eigenvalue weighted by Crippen LogP contribution is -2.33. The predicted molar refractivity (Wildman–Crippen MR) is 74.6 cm³/mol. The zero-order chi connectivity index (χ0) is 13.8. The Balaban J connectivity index is 1.53. The normalized spacial score (nSPS) is 13.3. The summed E-state index contributed by atoms with van der Waals surface area (Å²) in [5.41, 5.74) is 1.89. The monoisotopic (exact) mass is 272 g/mol. The van der Waals surface area contributed by atoms with Crippen LogP contribution in [0.15, 0.2) is 36.9 Å².